The minimum Gasteiger partial charge on any atom is -0.352 e. The fraction of sp³-hybridized carbons (Fsp3) is 0.360. The van der Waals surface area contributed by atoms with Crippen LogP contribution < -0.4 is 5.32 Å². The van der Waals surface area contributed by atoms with Crippen LogP contribution in [0.4, 0.5) is 4.39 Å². The molecular weight excluding hydrogens is 425 g/mol. The zero-order chi connectivity index (χ0) is 24.1. The maximum absolute atomic E-state index is 13.3. The second kappa shape index (κ2) is 10.4. The Kier molecular flexibility index (Phi) is 7.58. The standard InChI is InChI=1S/C25H28FN3O4/c1-16(2)27-23(31)17(3)29(15-18-10-12-19(26)13-11-18)22(30)9-6-14-28-24(32)20-7-4-5-8-21(20)25(28)33/h4-5,7-8,10-13,16-17H,6,9,14-15H2,1-3H3,(H,27,31)/t17-/m0/s1. The number of hydrogen-bond donors (Lipinski definition) is 1. The Morgan fingerprint density at radius 3 is 2.09 bits per heavy atom. The minimum absolute atomic E-state index is 0.0495. The first-order valence-corrected chi connectivity index (χ1v) is 11.0. The monoisotopic (exact) mass is 453 g/mol. The molecule has 0 aromatic heterocycles. The zero-order valence-corrected chi connectivity index (χ0v) is 19.0. The van der Waals surface area contributed by atoms with E-state index in [4.69, 9.17) is 0 Å². The second-order valence-corrected chi connectivity index (χ2v) is 8.40. The van der Waals surface area contributed by atoms with Crippen molar-refractivity contribution in [2.45, 2.75) is 52.2 Å². The molecular formula is C25H28FN3O4. The Morgan fingerprint density at radius 2 is 1.55 bits per heavy atom. The van der Waals surface area contributed by atoms with Crippen molar-refractivity contribution in [3.8, 4) is 0 Å². The summed E-state index contributed by atoms with van der Waals surface area (Å²) in [5.41, 5.74) is 1.42. The molecule has 0 saturated heterocycles. The predicted molar refractivity (Wildman–Crippen MR) is 121 cm³/mol. The van der Waals surface area contributed by atoms with Gasteiger partial charge in [-0.25, -0.2) is 4.39 Å². The van der Waals surface area contributed by atoms with E-state index >= 15 is 0 Å². The Balaban J connectivity index is 1.66. The van der Waals surface area contributed by atoms with Crippen molar-refractivity contribution in [1.82, 2.24) is 15.1 Å². The van der Waals surface area contributed by atoms with Gasteiger partial charge in [0.05, 0.1) is 11.1 Å². The summed E-state index contributed by atoms with van der Waals surface area (Å²) >= 11 is 0. The van der Waals surface area contributed by atoms with Crippen molar-refractivity contribution < 1.29 is 23.6 Å². The summed E-state index contributed by atoms with van der Waals surface area (Å²) in [7, 11) is 0. The number of imide groups is 1. The van der Waals surface area contributed by atoms with E-state index in [2.05, 4.69) is 5.32 Å². The normalized spacial score (nSPS) is 13.8. The van der Waals surface area contributed by atoms with Gasteiger partial charge in [-0.1, -0.05) is 24.3 Å². The molecule has 1 heterocycles. The Labute approximate surface area is 192 Å². The number of hydrogen-bond acceptors (Lipinski definition) is 4. The molecule has 1 N–H and O–H groups in total. The maximum Gasteiger partial charge on any atom is 0.261 e. The molecule has 7 nitrogen and oxygen atoms in total. The highest BCUT2D eigenvalue weighted by molar-refractivity contribution is 6.21. The van der Waals surface area contributed by atoms with Crippen LogP contribution in [0.25, 0.3) is 0 Å². The van der Waals surface area contributed by atoms with Gasteiger partial charge in [-0.15, -0.1) is 0 Å². The Morgan fingerprint density at radius 1 is 0.970 bits per heavy atom. The molecule has 3 rings (SSSR count). The summed E-state index contributed by atoms with van der Waals surface area (Å²) in [6, 6.07) is 11.5. The second-order valence-electron chi connectivity index (χ2n) is 8.40. The highest BCUT2D eigenvalue weighted by atomic mass is 19.1. The van der Waals surface area contributed by atoms with Crippen molar-refractivity contribution >= 4 is 23.6 Å². The van der Waals surface area contributed by atoms with E-state index in [-0.39, 0.29) is 61.4 Å². The summed E-state index contributed by atoms with van der Waals surface area (Å²) < 4.78 is 13.3. The first-order valence-electron chi connectivity index (χ1n) is 11.0. The Hall–Kier alpha value is -3.55. The first kappa shape index (κ1) is 24.1. The Bertz CT molecular complexity index is 1020. The molecule has 2 aromatic rings. The van der Waals surface area contributed by atoms with Crippen LogP contribution in [0.5, 0.6) is 0 Å². The molecule has 8 heteroatoms. The van der Waals surface area contributed by atoms with Gasteiger partial charge >= 0.3 is 0 Å². The minimum atomic E-state index is -0.746. The molecule has 1 atom stereocenters. The predicted octanol–water partition coefficient (Wildman–Crippen LogP) is 3.14. The van der Waals surface area contributed by atoms with E-state index in [1.165, 1.54) is 17.0 Å². The van der Waals surface area contributed by atoms with Gasteiger partial charge in [0.1, 0.15) is 11.9 Å². The number of amides is 4. The first-order chi connectivity index (χ1) is 15.7. The van der Waals surface area contributed by atoms with Gasteiger partial charge < -0.3 is 10.2 Å². The summed E-state index contributed by atoms with van der Waals surface area (Å²) in [6.07, 6.45) is 0.316. The van der Waals surface area contributed by atoms with E-state index in [1.54, 1.807) is 43.3 Å². The smallest absolute Gasteiger partial charge is 0.261 e. The number of carbonyl (C=O) groups excluding carboxylic acids is 4. The molecule has 0 spiro atoms. The molecule has 1 aliphatic heterocycles. The van der Waals surface area contributed by atoms with Crippen LogP contribution in [0, 0.1) is 5.82 Å². The summed E-state index contributed by atoms with van der Waals surface area (Å²) in [5, 5.41) is 2.80. The quantitative estimate of drug-likeness (QED) is 0.591. The lowest BCUT2D eigenvalue weighted by Gasteiger charge is -2.29. The number of nitrogens with zero attached hydrogens (tertiary/aromatic N) is 2. The van der Waals surface area contributed by atoms with E-state index in [9.17, 15) is 23.6 Å². The largest absolute Gasteiger partial charge is 0.352 e. The number of carbonyl (C=O) groups is 4. The molecule has 0 saturated carbocycles. The average molecular weight is 454 g/mol. The number of fused-ring (bicyclic) bond motifs is 1. The molecule has 1 aliphatic rings. The molecule has 0 bridgehead atoms. The van der Waals surface area contributed by atoms with Crippen LogP contribution in [0.1, 0.15) is 59.9 Å². The average Bonchev–Trinajstić information content (AvgIpc) is 3.02. The van der Waals surface area contributed by atoms with Crippen LogP contribution in [-0.4, -0.2) is 52.1 Å². The molecule has 0 radical (unpaired) electrons. The van der Waals surface area contributed by atoms with Crippen molar-refractivity contribution in [1.29, 1.82) is 0 Å². The SMILES string of the molecule is CC(C)NC(=O)[C@H](C)N(Cc1ccc(F)cc1)C(=O)CCCN1C(=O)c2ccccc2C1=O. The van der Waals surface area contributed by atoms with Crippen molar-refractivity contribution in [2.24, 2.45) is 0 Å². The third-order valence-corrected chi connectivity index (χ3v) is 5.51. The third-order valence-electron chi connectivity index (χ3n) is 5.51. The molecule has 4 amide bonds. The van der Waals surface area contributed by atoms with E-state index in [0.29, 0.717) is 16.7 Å². The van der Waals surface area contributed by atoms with Crippen LogP contribution in [0.3, 0.4) is 0 Å². The fourth-order valence-electron chi connectivity index (χ4n) is 3.75. The van der Waals surface area contributed by atoms with Gasteiger partial charge in [-0.3, -0.25) is 24.1 Å². The van der Waals surface area contributed by atoms with Crippen molar-refractivity contribution in [3.05, 3.63) is 71.0 Å². The zero-order valence-electron chi connectivity index (χ0n) is 19.0. The molecule has 0 unspecified atom stereocenters. The van der Waals surface area contributed by atoms with Gasteiger partial charge in [0.25, 0.3) is 11.8 Å². The van der Waals surface area contributed by atoms with Gasteiger partial charge in [0, 0.05) is 25.6 Å². The molecule has 33 heavy (non-hydrogen) atoms. The summed E-state index contributed by atoms with van der Waals surface area (Å²) in [6.45, 7) is 5.55. The number of rotatable bonds is 9. The third kappa shape index (κ3) is 5.63. The van der Waals surface area contributed by atoms with Crippen LogP contribution >= 0.6 is 0 Å². The molecule has 2 aromatic carbocycles. The molecule has 0 aliphatic carbocycles. The summed E-state index contributed by atoms with van der Waals surface area (Å²) in [5.74, 6) is -1.70. The number of nitrogens with one attached hydrogen (secondary N) is 1. The van der Waals surface area contributed by atoms with Gasteiger partial charge in [0.15, 0.2) is 0 Å². The highest BCUT2D eigenvalue weighted by Gasteiger charge is 2.35. The van der Waals surface area contributed by atoms with Crippen LogP contribution in [0.15, 0.2) is 48.5 Å². The van der Waals surface area contributed by atoms with Crippen molar-refractivity contribution in [2.75, 3.05) is 6.54 Å². The lowest BCUT2D eigenvalue weighted by Crippen LogP contribution is -2.49. The van der Waals surface area contributed by atoms with E-state index < -0.39 is 6.04 Å². The molecule has 174 valence electrons. The fourth-order valence-corrected chi connectivity index (χ4v) is 3.75. The lowest BCUT2D eigenvalue weighted by atomic mass is 10.1. The van der Waals surface area contributed by atoms with Crippen molar-refractivity contribution in [3.63, 3.8) is 0 Å². The van der Waals surface area contributed by atoms with Gasteiger partial charge in [-0.05, 0) is 57.0 Å². The summed E-state index contributed by atoms with van der Waals surface area (Å²) in [4.78, 5) is 53.3. The molecule has 0 fully saturated rings. The topological polar surface area (TPSA) is 86.8 Å². The van der Waals surface area contributed by atoms with Gasteiger partial charge in [0.2, 0.25) is 11.8 Å². The van der Waals surface area contributed by atoms with E-state index in [0.717, 1.165) is 4.90 Å². The van der Waals surface area contributed by atoms with Crippen LogP contribution in [-0.2, 0) is 16.1 Å². The maximum atomic E-state index is 13.3. The highest BCUT2D eigenvalue weighted by Crippen LogP contribution is 2.23. The number of benzene rings is 2. The van der Waals surface area contributed by atoms with Crippen LogP contribution in [0.2, 0.25) is 0 Å². The van der Waals surface area contributed by atoms with Gasteiger partial charge in [-0.2, -0.15) is 0 Å². The number of halogens is 1. The van der Waals surface area contributed by atoms with E-state index in [1.807, 2.05) is 13.8 Å². The lowest BCUT2D eigenvalue weighted by molar-refractivity contribution is -0.140.